The van der Waals surface area contributed by atoms with E-state index in [9.17, 15) is 4.79 Å². The Hall–Kier alpha value is -0.680. The van der Waals surface area contributed by atoms with E-state index < -0.39 is 0 Å². The van der Waals surface area contributed by atoms with Crippen LogP contribution in [0.25, 0.3) is 0 Å². The molecule has 0 aliphatic carbocycles. The second-order valence-corrected chi connectivity index (χ2v) is 3.39. The van der Waals surface area contributed by atoms with Gasteiger partial charge in [0.2, 0.25) is 5.91 Å². The Morgan fingerprint density at radius 1 is 1.67 bits per heavy atom. The van der Waals surface area contributed by atoms with E-state index in [1.165, 1.54) is 0 Å². The van der Waals surface area contributed by atoms with E-state index >= 15 is 0 Å². The van der Waals surface area contributed by atoms with Crippen LogP contribution in [0.1, 0.15) is 0 Å². The summed E-state index contributed by atoms with van der Waals surface area (Å²) in [6, 6.07) is 0. The SMILES string of the molecule is CN(C)CCN1C(=O)CNC1=S. The zero-order valence-corrected chi connectivity index (χ0v) is 8.15. The van der Waals surface area contributed by atoms with Crippen molar-refractivity contribution >= 4 is 23.2 Å². The van der Waals surface area contributed by atoms with E-state index in [1.807, 2.05) is 19.0 Å². The average Bonchev–Trinajstić information content (AvgIpc) is 2.28. The molecule has 1 N–H and O–H groups in total. The molecule has 1 aliphatic rings. The number of amides is 1. The van der Waals surface area contributed by atoms with Crippen molar-refractivity contribution < 1.29 is 4.79 Å². The summed E-state index contributed by atoms with van der Waals surface area (Å²) in [5.74, 6) is 0.0712. The zero-order valence-electron chi connectivity index (χ0n) is 7.33. The lowest BCUT2D eigenvalue weighted by Gasteiger charge is -2.17. The van der Waals surface area contributed by atoms with Gasteiger partial charge in [-0.15, -0.1) is 0 Å². The summed E-state index contributed by atoms with van der Waals surface area (Å²) in [5.41, 5.74) is 0. The summed E-state index contributed by atoms with van der Waals surface area (Å²) in [4.78, 5) is 14.8. The van der Waals surface area contributed by atoms with Gasteiger partial charge in [-0.05, 0) is 26.3 Å². The topological polar surface area (TPSA) is 35.6 Å². The van der Waals surface area contributed by atoms with Crippen molar-refractivity contribution in [2.24, 2.45) is 0 Å². The molecule has 68 valence electrons. The largest absolute Gasteiger partial charge is 0.353 e. The molecule has 0 unspecified atom stereocenters. The molecule has 5 heteroatoms. The molecule has 1 rings (SSSR count). The van der Waals surface area contributed by atoms with E-state index in [4.69, 9.17) is 12.2 Å². The van der Waals surface area contributed by atoms with Gasteiger partial charge in [0.05, 0.1) is 6.54 Å². The second-order valence-electron chi connectivity index (χ2n) is 3.01. The number of likely N-dealkylation sites (N-methyl/N-ethyl adjacent to an activating group) is 1. The maximum absolute atomic E-state index is 11.2. The summed E-state index contributed by atoms with van der Waals surface area (Å²) < 4.78 is 0. The third kappa shape index (κ3) is 2.15. The number of thiocarbonyl (C=S) groups is 1. The third-order valence-electron chi connectivity index (χ3n) is 1.71. The molecular formula is C7H13N3OS. The number of nitrogens with zero attached hydrogens (tertiary/aromatic N) is 2. The first kappa shape index (κ1) is 9.41. The molecule has 12 heavy (non-hydrogen) atoms. The minimum Gasteiger partial charge on any atom is -0.353 e. The first-order chi connectivity index (χ1) is 5.61. The predicted octanol–water partition coefficient (Wildman–Crippen LogP) is -0.735. The number of hydrogen-bond acceptors (Lipinski definition) is 3. The zero-order chi connectivity index (χ0) is 9.14. The normalized spacial score (nSPS) is 17.4. The van der Waals surface area contributed by atoms with Gasteiger partial charge in [0, 0.05) is 13.1 Å². The van der Waals surface area contributed by atoms with Crippen LogP contribution in [0.2, 0.25) is 0 Å². The molecule has 0 spiro atoms. The van der Waals surface area contributed by atoms with Gasteiger partial charge in [-0.2, -0.15) is 0 Å². The van der Waals surface area contributed by atoms with Gasteiger partial charge >= 0.3 is 0 Å². The molecule has 1 aliphatic heterocycles. The van der Waals surface area contributed by atoms with Crippen LogP contribution in [0.5, 0.6) is 0 Å². The fourth-order valence-corrected chi connectivity index (χ4v) is 1.25. The van der Waals surface area contributed by atoms with Crippen LogP contribution in [0.15, 0.2) is 0 Å². The summed E-state index contributed by atoms with van der Waals surface area (Å²) in [6.45, 7) is 1.87. The lowest BCUT2D eigenvalue weighted by atomic mass is 10.5. The highest BCUT2D eigenvalue weighted by atomic mass is 32.1. The molecule has 1 amide bonds. The molecule has 0 radical (unpaired) electrons. The maximum Gasteiger partial charge on any atom is 0.248 e. The summed E-state index contributed by atoms with van der Waals surface area (Å²) >= 11 is 4.94. The van der Waals surface area contributed by atoms with Crippen LogP contribution in [-0.4, -0.2) is 54.5 Å². The van der Waals surface area contributed by atoms with Crippen molar-refractivity contribution in [2.75, 3.05) is 33.7 Å². The number of carbonyl (C=O) groups excluding carboxylic acids is 1. The van der Waals surface area contributed by atoms with E-state index in [2.05, 4.69) is 5.32 Å². The second kappa shape index (κ2) is 3.82. The molecule has 1 saturated heterocycles. The average molecular weight is 187 g/mol. The van der Waals surface area contributed by atoms with Crippen LogP contribution >= 0.6 is 12.2 Å². The number of carbonyl (C=O) groups is 1. The van der Waals surface area contributed by atoms with Crippen molar-refractivity contribution in [1.82, 2.24) is 15.1 Å². The highest BCUT2D eigenvalue weighted by molar-refractivity contribution is 7.80. The minimum absolute atomic E-state index is 0.0712. The predicted molar refractivity (Wildman–Crippen MR) is 50.9 cm³/mol. The molecule has 0 aromatic carbocycles. The molecule has 0 aromatic rings. The smallest absolute Gasteiger partial charge is 0.248 e. The Morgan fingerprint density at radius 3 is 2.75 bits per heavy atom. The summed E-state index contributed by atoms with van der Waals surface area (Å²) in [6.07, 6.45) is 0. The van der Waals surface area contributed by atoms with Crippen LogP contribution in [0.4, 0.5) is 0 Å². The monoisotopic (exact) mass is 187 g/mol. The Bertz CT molecular complexity index is 189. The van der Waals surface area contributed by atoms with Gasteiger partial charge in [0.1, 0.15) is 0 Å². The third-order valence-corrected chi connectivity index (χ3v) is 2.07. The van der Waals surface area contributed by atoms with Crippen LogP contribution in [0.3, 0.4) is 0 Å². The van der Waals surface area contributed by atoms with Crippen LogP contribution in [0, 0.1) is 0 Å². The number of nitrogens with one attached hydrogen (secondary N) is 1. The molecule has 1 fully saturated rings. The lowest BCUT2D eigenvalue weighted by Crippen LogP contribution is -2.36. The van der Waals surface area contributed by atoms with Crippen molar-refractivity contribution in [3.63, 3.8) is 0 Å². The summed E-state index contributed by atoms with van der Waals surface area (Å²) in [5, 5.41) is 3.39. The van der Waals surface area contributed by atoms with Crippen molar-refractivity contribution in [1.29, 1.82) is 0 Å². The van der Waals surface area contributed by atoms with E-state index in [0.717, 1.165) is 6.54 Å². The van der Waals surface area contributed by atoms with Gasteiger partial charge in [-0.25, -0.2) is 0 Å². The fraction of sp³-hybridized carbons (Fsp3) is 0.714. The van der Waals surface area contributed by atoms with Crippen molar-refractivity contribution in [3.05, 3.63) is 0 Å². The minimum atomic E-state index is 0.0712. The molecule has 4 nitrogen and oxygen atoms in total. The van der Waals surface area contributed by atoms with E-state index in [0.29, 0.717) is 18.2 Å². The van der Waals surface area contributed by atoms with E-state index in [1.54, 1.807) is 4.90 Å². The summed E-state index contributed by atoms with van der Waals surface area (Å²) in [7, 11) is 3.94. The lowest BCUT2D eigenvalue weighted by molar-refractivity contribution is -0.124. The molecule has 0 saturated carbocycles. The Labute approximate surface area is 77.5 Å². The Kier molecular flexibility index (Phi) is 2.99. The molecular weight excluding hydrogens is 174 g/mol. The van der Waals surface area contributed by atoms with Gasteiger partial charge < -0.3 is 10.2 Å². The Morgan fingerprint density at radius 2 is 2.33 bits per heavy atom. The highest BCUT2D eigenvalue weighted by Gasteiger charge is 2.24. The molecule has 0 bridgehead atoms. The highest BCUT2D eigenvalue weighted by Crippen LogP contribution is 1.98. The first-order valence-corrected chi connectivity index (χ1v) is 4.25. The number of rotatable bonds is 3. The van der Waals surface area contributed by atoms with Crippen LogP contribution in [-0.2, 0) is 4.79 Å². The standard InChI is InChI=1S/C7H13N3OS/c1-9(2)3-4-10-6(11)5-8-7(10)12/h3-5H2,1-2H3,(H,8,12). The van der Waals surface area contributed by atoms with E-state index in [-0.39, 0.29) is 5.91 Å². The Balaban J connectivity index is 2.40. The van der Waals surface area contributed by atoms with Crippen LogP contribution < -0.4 is 5.32 Å². The van der Waals surface area contributed by atoms with Gasteiger partial charge in [0.25, 0.3) is 0 Å². The van der Waals surface area contributed by atoms with Crippen molar-refractivity contribution in [3.8, 4) is 0 Å². The molecule has 0 aromatic heterocycles. The van der Waals surface area contributed by atoms with Gasteiger partial charge in [-0.1, -0.05) is 0 Å². The quantitative estimate of drug-likeness (QED) is 0.591. The van der Waals surface area contributed by atoms with Gasteiger partial charge in [-0.3, -0.25) is 9.69 Å². The molecule has 0 atom stereocenters. The number of hydrogen-bond donors (Lipinski definition) is 1. The molecule has 1 heterocycles. The van der Waals surface area contributed by atoms with Crippen molar-refractivity contribution in [2.45, 2.75) is 0 Å². The maximum atomic E-state index is 11.2. The fourth-order valence-electron chi connectivity index (χ4n) is 0.982. The van der Waals surface area contributed by atoms with Gasteiger partial charge in [0.15, 0.2) is 5.11 Å². The first-order valence-electron chi connectivity index (χ1n) is 3.84.